The highest BCUT2D eigenvalue weighted by atomic mass is 19.4. The first-order chi connectivity index (χ1) is 10.5. The van der Waals surface area contributed by atoms with Crippen LogP contribution in [0.2, 0.25) is 0 Å². The molecule has 1 saturated heterocycles. The molecule has 22 heavy (non-hydrogen) atoms. The van der Waals surface area contributed by atoms with Gasteiger partial charge in [0.05, 0.1) is 11.3 Å². The molecule has 2 heterocycles. The van der Waals surface area contributed by atoms with E-state index >= 15 is 0 Å². The second kappa shape index (κ2) is 5.68. The third-order valence-corrected chi connectivity index (χ3v) is 3.82. The molecular formula is C16H14F4N2. The highest BCUT2D eigenvalue weighted by Gasteiger charge is 2.35. The van der Waals surface area contributed by atoms with Crippen LogP contribution in [-0.2, 0) is 6.18 Å². The maximum Gasteiger partial charge on any atom is 0.418 e. The van der Waals surface area contributed by atoms with Gasteiger partial charge >= 0.3 is 6.18 Å². The number of benzene rings is 1. The SMILES string of the molecule is Fc1ccc(-c2ncccc2C(F)(F)F)c(C2CCCN2)c1. The highest BCUT2D eigenvalue weighted by molar-refractivity contribution is 5.68. The molecule has 1 N–H and O–H groups in total. The van der Waals surface area contributed by atoms with Gasteiger partial charge in [0.1, 0.15) is 5.82 Å². The highest BCUT2D eigenvalue weighted by Crippen LogP contribution is 2.39. The fraction of sp³-hybridized carbons (Fsp3) is 0.312. The molecule has 0 amide bonds. The minimum absolute atomic E-state index is 0.145. The van der Waals surface area contributed by atoms with Crippen molar-refractivity contribution in [1.29, 1.82) is 0 Å². The van der Waals surface area contributed by atoms with Crippen LogP contribution in [0, 0.1) is 5.82 Å². The van der Waals surface area contributed by atoms with E-state index in [0.717, 1.165) is 25.5 Å². The molecule has 0 spiro atoms. The summed E-state index contributed by atoms with van der Waals surface area (Å²) in [6, 6.07) is 5.95. The quantitative estimate of drug-likeness (QED) is 0.835. The lowest BCUT2D eigenvalue weighted by Gasteiger charge is -2.18. The van der Waals surface area contributed by atoms with Crippen LogP contribution in [0.4, 0.5) is 17.6 Å². The van der Waals surface area contributed by atoms with Gasteiger partial charge in [0.15, 0.2) is 0 Å². The van der Waals surface area contributed by atoms with E-state index in [1.807, 2.05) is 0 Å². The average Bonchev–Trinajstić information content (AvgIpc) is 3.00. The molecule has 0 saturated carbocycles. The second-order valence-electron chi connectivity index (χ2n) is 5.28. The van der Waals surface area contributed by atoms with E-state index in [0.29, 0.717) is 11.1 Å². The van der Waals surface area contributed by atoms with Crippen LogP contribution in [0.5, 0.6) is 0 Å². The van der Waals surface area contributed by atoms with Crippen molar-refractivity contribution in [3.05, 3.63) is 53.5 Å². The summed E-state index contributed by atoms with van der Waals surface area (Å²) in [4.78, 5) is 3.91. The minimum Gasteiger partial charge on any atom is -0.310 e. The van der Waals surface area contributed by atoms with Crippen molar-refractivity contribution in [3.8, 4) is 11.3 Å². The Morgan fingerprint density at radius 2 is 2.00 bits per heavy atom. The lowest BCUT2D eigenvalue weighted by Crippen LogP contribution is -2.15. The normalized spacial score (nSPS) is 18.6. The fourth-order valence-corrected chi connectivity index (χ4v) is 2.84. The van der Waals surface area contributed by atoms with E-state index in [2.05, 4.69) is 10.3 Å². The summed E-state index contributed by atoms with van der Waals surface area (Å²) in [5.41, 5.74) is -0.102. The first-order valence-corrected chi connectivity index (χ1v) is 7.02. The Morgan fingerprint density at radius 3 is 2.68 bits per heavy atom. The van der Waals surface area contributed by atoms with E-state index < -0.39 is 17.6 Å². The molecule has 1 aliphatic rings. The fourth-order valence-electron chi connectivity index (χ4n) is 2.84. The molecule has 1 aromatic heterocycles. The molecule has 6 heteroatoms. The summed E-state index contributed by atoms with van der Waals surface area (Å²) in [6.07, 6.45) is -1.50. The zero-order valence-electron chi connectivity index (χ0n) is 11.6. The number of nitrogens with zero attached hydrogens (tertiary/aromatic N) is 1. The predicted molar refractivity (Wildman–Crippen MR) is 74.6 cm³/mol. The lowest BCUT2D eigenvalue weighted by atomic mass is 9.94. The van der Waals surface area contributed by atoms with Crippen LogP contribution in [0.15, 0.2) is 36.5 Å². The van der Waals surface area contributed by atoms with E-state index in [-0.39, 0.29) is 11.7 Å². The number of pyridine rings is 1. The molecule has 116 valence electrons. The summed E-state index contributed by atoms with van der Waals surface area (Å²) >= 11 is 0. The third-order valence-electron chi connectivity index (χ3n) is 3.82. The van der Waals surface area contributed by atoms with Gasteiger partial charge in [-0.15, -0.1) is 0 Å². The number of rotatable bonds is 2. The van der Waals surface area contributed by atoms with Gasteiger partial charge < -0.3 is 5.32 Å². The Balaban J connectivity index is 2.17. The molecule has 2 aromatic rings. The molecule has 0 bridgehead atoms. The minimum atomic E-state index is -4.50. The van der Waals surface area contributed by atoms with Gasteiger partial charge in [0.25, 0.3) is 0 Å². The van der Waals surface area contributed by atoms with E-state index in [1.54, 1.807) is 0 Å². The third kappa shape index (κ3) is 2.83. The number of alkyl halides is 3. The first-order valence-electron chi connectivity index (χ1n) is 7.02. The predicted octanol–water partition coefficient (Wildman–Crippen LogP) is 4.33. The largest absolute Gasteiger partial charge is 0.418 e. The lowest BCUT2D eigenvalue weighted by molar-refractivity contribution is -0.137. The van der Waals surface area contributed by atoms with Crippen LogP contribution in [0.1, 0.15) is 30.0 Å². The summed E-state index contributed by atoms with van der Waals surface area (Å²) in [6.45, 7) is 0.773. The molecule has 1 fully saturated rings. The molecule has 1 unspecified atom stereocenters. The van der Waals surface area contributed by atoms with Crippen molar-refractivity contribution in [2.24, 2.45) is 0 Å². The van der Waals surface area contributed by atoms with Crippen molar-refractivity contribution in [1.82, 2.24) is 10.3 Å². The molecular weight excluding hydrogens is 296 g/mol. The zero-order valence-corrected chi connectivity index (χ0v) is 11.6. The molecule has 0 radical (unpaired) electrons. The Bertz CT molecular complexity index is 676. The molecule has 0 aliphatic carbocycles. The number of aromatic nitrogens is 1. The van der Waals surface area contributed by atoms with Crippen LogP contribution in [-0.4, -0.2) is 11.5 Å². The molecule has 1 atom stereocenters. The van der Waals surface area contributed by atoms with Gasteiger partial charge in [-0.1, -0.05) is 0 Å². The van der Waals surface area contributed by atoms with Crippen molar-refractivity contribution >= 4 is 0 Å². The zero-order chi connectivity index (χ0) is 15.7. The second-order valence-corrected chi connectivity index (χ2v) is 5.28. The number of hydrogen-bond donors (Lipinski definition) is 1. The Labute approximate surface area is 125 Å². The van der Waals surface area contributed by atoms with Gasteiger partial charge in [0, 0.05) is 17.8 Å². The number of hydrogen-bond acceptors (Lipinski definition) is 2. The molecule has 2 nitrogen and oxygen atoms in total. The van der Waals surface area contributed by atoms with Gasteiger partial charge in [-0.2, -0.15) is 13.2 Å². The van der Waals surface area contributed by atoms with Gasteiger partial charge in [-0.05, 0) is 55.3 Å². The molecule has 3 rings (SSSR count). The van der Waals surface area contributed by atoms with Crippen molar-refractivity contribution in [3.63, 3.8) is 0 Å². The van der Waals surface area contributed by atoms with E-state index in [9.17, 15) is 17.6 Å². The van der Waals surface area contributed by atoms with Crippen LogP contribution < -0.4 is 5.32 Å². The van der Waals surface area contributed by atoms with Crippen molar-refractivity contribution < 1.29 is 17.6 Å². The number of halogens is 4. The van der Waals surface area contributed by atoms with Crippen LogP contribution in [0.3, 0.4) is 0 Å². The molecule has 1 aromatic carbocycles. The van der Waals surface area contributed by atoms with Crippen LogP contribution in [0.25, 0.3) is 11.3 Å². The summed E-state index contributed by atoms with van der Waals surface area (Å²) < 4.78 is 53.2. The number of nitrogens with one attached hydrogen (secondary N) is 1. The van der Waals surface area contributed by atoms with Crippen molar-refractivity contribution in [2.75, 3.05) is 6.54 Å². The summed E-state index contributed by atoms with van der Waals surface area (Å²) in [7, 11) is 0. The maximum atomic E-state index is 13.6. The Kier molecular flexibility index (Phi) is 3.87. The van der Waals surface area contributed by atoms with Crippen molar-refractivity contribution in [2.45, 2.75) is 25.1 Å². The van der Waals surface area contributed by atoms with Gasteiger partial charge in [-0.25, -0.2) is 4.39 Å². The topological polar surface area (TPSA) is 24.9 Å². The monoisotopic (exact) mass is 310 g/mol. The smallest absolute Gasteiger partial charge is 0.310 e. The summed E-state index contributed by atoms with van der Waals surface area (Å²) in [5.74, 6) is -0.461. The van der Waals surface area contributed by atoms with Gasteiger partial charge in [-0.3, -0.25) is 4.98 Å². The van der Waals surface area contributed by atoms with Crippen LogP contribution >= 0.6 is 0 Å². The molecule has 1 aliphatic heterocycles. The Morgan fingerprint density at radius 1 is 1.18 bits per heavy atom. The standard InChI is InChI=1S/C16H14F4N2/c17-10-5-6-11(12(9-10)14-4-2-7-21-14)15-13(16(18,19)20)3-1-8-22-15/h1,3,5-6,8-9,14,21H,2,4,7H2. The van der Waals surface area contributed by atoms with E-state index in [4.69, 9.17) is 0 Å². The van der Waals surface area contributed by atoms with E-state index in [1.165, 1.54) is 30.5 Å². The maximum absolute atomic E-state index is 13.6. The van der Waals surface area contributed by atoms with Gasteiger partial charge in [0.2, 0.25) is 0 Å². The summed E-state index contributed by atoms with van der Waals surface area (Å²) in [5, 5.41) is 3.19. The average molecular weight is 310 g/mol. The first kappa shape index (κ1) is 15.0. The Hall–Kier alpha value is -1.95.